The molecule has 2 atom stereocenters. The van der Waals surface area contributed by atoms with E-state index in [0.29, 0.717) is 12.0 Å². The molecule has 1 fully saturated rings. The average molecular weight is 193 g/mol. The number of nitrogens with one attached hydrogen (secondary N) is 1. The SMILES string of the molecule is CN[C@@H]1CC[C@@H]1c1ccc(C)cc1F. The number of rotatable bonds is 2. The van der Waals surface area contributed by atoms with E-state index in [9.17, 15) is 4.39 Å². The minimum Gasteiger partial charge on any atom is -0.316 e. The number of hydrogen-bond acceptors (Lipinski definition) is 1. The van der Waals surface area contributed by atoms with Crippen LogP contribution in [0.2, 0.25) is 0 Å². The van der Waals surface area contributed by atoms with Crippen molar-refractivity contribution < 1.29 is 4.39 Å². The molecule has 0 aliphatic heterocycles. The Kier molecular flexibility index (Phi) is 2.55. The molecule has 1 N–H and O–H groups in total. The normalized spacial score (nSPS) is 25.9. The van der Waals surface area contributed by atoms with Crippen LogP contribution in [0.15, 0.2) is 18.2 Å². The average Bonchev–Trinajstić information content (AvgIpc) is 2.08. The maximum atomic E-state index is 13.6. The molecule has 1 aromatic rings. The molecule has 1 aliphatic rings. The van der Waals surface area contributed by atoms with Gasteiger partial charge in [-0.25, -0.2) is 4.39 Å². The lowest BCUT2D eigenvalue weighted by Gasteiger charge is -2.37. The summed E-state index contributed by atoms with van der Waals surface area (Å²) in [5.41, 5.74) is 1.87. The molecule has 0 unspecified atom stereocenters. The molecule has 0 amide bonds. The highest BCUT2D eigenvalue weighted by atomic mass is 19.1. The van der Waals surface area contributed by atoms with Crippen molar-refractivity contribution in [1.29, 1.82) is 0 Å². The van der Waals surface area contributed by atoms with Crippen LogP contribution < -0.4 is 5.32 Å². The predicted octanol–water partition coefficient (Wildman–Crippen LogP) is 2.60. The second-order valence-corrected chi connectivity index (χ2v) is 4.10. The van der Waals surface area contributed by atoms with E-state index in [1.165, 1.54) is 0 Å². The minimum atomic E-state index is -0.0463. The van der Waals surface area contributed by atoms with E-state index < -0.39 is 0 Å². The van der Waals surface area contributed by atoms with Gasteiger partial charge in [0.15, 0.2) is 0 Å². The Hall–Kier alpha value is -0.890. The van der Waals surface area contributed by atoms with Crippen molar-refractivity contribution in [2.45, 2.75) is 31.7 Å². The number of likely N-dealkylation sites (N-methyl/N-ethyl adjacent to an activating group) is 1. The van der Waals surface area contributed by atoms with Crippen LogP contribution in [-0.4, -0.2) is 13.1 Å². The third-order valence-corrected chi connectivity index (χ3v) is 3.20. The molecule has 1 saturated carbocycles. The van der Waals surface area contributed by atoms with Crippen molar-refractivity contribution in [3.63, 3.8) is 0 Å². The zero-order valence-corrected chi connectivity index (χ0v) is 8.68. The van der Waals surface area contributed by atoms with E-state index in [2.05, 4.69) is 5.32 Å². The number of hydrogen-bond donors (Lipinski definition) is 1. The molecule has 1 aromatic carbocycles. The summed E-state index contributed by atoms with van der Waals surface area (Å²) in [5.74, 6) is 0.329. The first kappa shape index (κ1) is 9.66. The molecule has 0 spiro atoms. The number of halogens is 1. The predicted molar refractivity (Wildman–Crippen MR) is 56.0 cm³/mol. The fraction of sp³-hybridized carbons (Fsp3) is 0.500. The Morgan fingerprint density at radius 1 is 1.36 bits per heavy atom. The molecular formula is C12H16FN. The van der Waals surface area contributed by atoms with Crippen LogP contribution in [0.5, 0.6) is 0 Å². The van der Waals surface area contributed by atoms with Gasteiger partial charge in [0.2, 0.25) is 0 Å². The zero-order chi connectivity index (χ0) is 10.1. The van der Waals surface area contributed by atoms with E-state index in [1.54, 1.807) is 6.07 Å². The summed E-state index contributed by atoms with van der Waals surface area (Å²) in [6.45, 7) is 1.92. The first-order chi connectivity index (χ1) is 6.72. The molecule has 1 nitrogen and oxygen atoms in total. The molecule has 0 bridgehead atoms. The van der Waals surface area contributed by atoms with Crippen LogP contribution in [0.1, 0.15) is 29.9 Å². The van der Waals surface area contributed by atoms with Gasteiger partial charge in [0.1, 0.15) is 5.82 Å². The van der Waals surface area contributed by atoms with Gasteiger partial charge in [0.25, 0.3) is 0 Å². The molecule has 0 aromatic heterocycles. The largest absolute Gasteiger partial charge is 0.316 e. The first-order valence-corrected chi connectivity index (χ1v) is 5.15. The van der Waals surface area contributed by atoms with Gasteiger partial charge in [-0.2, -0.15) is 0 Å². The third-order valence-electron chi connectivity index (χ3n) is 3.20. The molecule has 2 rings (SSSR count). The second-order valence-electron chi connectivity index (χ2n) is 4.10. The summed E-state index contributed by atoms with van der Waals surface area (Å²) < 4.78 is 13.6. The summed E-state index contributed by atoms with van der Waals surface area (Å²) in [4.78, 5) is 0. The Morgan fingerprint density at radius 2 is 2.14 bits per heavy atom. The van der Waals surface area contributed by atoms with Gasteiger partial charge in [-0.15, -0.1) is 0 Å². The zero-order valence-electron chi connectivity index (χ0n) is 8.68. The van der Waals surface area contributed by atoms with Crippen molar-refractivity contribution in [2.24, 2.45) is 0 Å². The minimum absolute atomic E-state index is 0.0463. The molecule has 14 heavy (non-hydrogen) atoms. The molecule has 0 saturated heterocycles. The summed E-state index contributed by atoms with van der Waals surface area (Å²) in [6.07, 6.45) is 2.26. The summed E-state index contributed by atoms with van der Waals surface area (Å²) in [7, 11) is 1.95. The topological polar surface area (TPSA) is 12.0 Å². The Balaban J connectivity index is 2.24. The molecular weight excluding hydrogens is 177 g/mol. The molecule has 1 aliphatic carbocycles. The van der Waals surface area contributed by atoms with E-state index in [4.69, 9.17) is 0 Å². The smallest absolute Gasteiger partial charge is 0.127 e. The van der Waals surface area contributed by atoms with Crippen LogP contribution in [0.3, 0.4) is 0 Å². The highest BCUT2D eigenvalue weighted by Gasteiger charge is 2.32. The molecule has 0 heterocycles. The molecule has 0 radical (unpaired) electrons. The van der Waals surface area contributed by atoms with Crippen molar-refractivity contribution in [3.05, 3.63) is 35.1 Å². The fourth-order valence-electron chi connectivity index (χ4n) is 2.15. The van der Waals surface area contributed by atoms with Gasteiger partial charge in [-0.1, -0.05) is 12.1 Å². The van der Waals surface area contributed by atoms with Gasteiger partial charge >= 0.3 is 0 Å². The summed E-state index contributed by atoms with van der Waals surface area (Å²) in [5, 5.41) is 3.23. The highest BCUT2D eigenvalue weighted by molar-refractivity contribution is 5.29. The van der Waals surface area contributed by atoms with Gasteiger partial charge in [-0.3, -0.25) is 0 Å². The van der Waals surface area contributed by atoms with Gasteiger partial charge in [-0.05, 0) is 44.0 Å². The van der Waals surface area contributed by atoms with Crippen LogP contribution >= 0.6 is 0 Å². The van der Waals surface area contributed by atoms with Crippen LogP contribution in [0.25, 0.3) is 0 Å². The Labute approximate surface area is 84.3 Å². The van der Waals surface area contributed by atoms with E-state index in [-0.39, 0.29) is 5.82 Å². The quantitative estimate of drug-likeness (QED) is 0.761. The maximum absolute atomic E-state index is 13.6. The second kappa shape index (κ2) is 3.70. The van der Waals surface area contributed by atoms with Crippen molar-refractivity contribution in [3.8, 4) is 0 Å². The Morgan fingerprint density at radius 3 is 2.64 bits per heavy atom. The third kappa shape index (κ3) is 1.55. The van der Waals surface area contributed by atoms with Crippen molar-refractivity contribution in [2.75, 3.05) is 7.05 Å². The number of aryl methyl sites for hydroxylation is 1. The Bertz CT molecular complexity index is 333. The van der Waals surface area contributed by atoms with Crippen molar-refractivity contribution >= 4 is 0 Å². The lowest BCUT2D eigenvalue weighted by molar-refractivity contribution is 0.293. The lowest BCUT2D eigenvalue weighted by Crippen LogP contribution is -2.40. The molecule has 2 heteroatoms. The standard InChI is InChI=1S/C12H16FN/c1-8-3-4-9(11(13)7-8)10-5-6-12(10)14-2/h3-4,7,10,12,14H,5-6H2,1-2H3/t10-,12-/m1/s1. The van der Waals surface area contributed by atoms with Crippen LogP contribution in [-0.2, 0) is 0 Å². The summed E-state index contributed by atoms with van der Waals surface area (Å²) in [6, 6.07) is 6.01. The van der Waals surface area contributed by atoms with E-state index in [0.717, 1.165) is 24.0 Å². The summed E-state index contributed by atoms with van der Waals surface area (Å²) >= 11 is 0. The monoisotopic (exact) mass is 193 g/mol. The van der Waals surface area contributed by atoms with Crippen LogP contribution in [0.4, 0.5) is 4.39 Å². The van der Waals surface area contributed by atoms with Crippen molar-refractivity contribution in [1.82, 2.24) is 5.32 Å². The van der Waals surface area contributed by atoms with Gasteiger partial charge in [0.05, 0.1) is 0 Å². The maximum Gasteiger partial charge on any atom is 0.127 e. The van der Waals surface area contributed by atoms with E-state index in [1.807, 2.05) is 26.1 Å². The first-order valence-electron chi connectivity index (χ1n) is 5.15. The molecule has 76 valence electrons. The fourth-order valence-corrected chi connectivity index (χ4v) is 2.15. The van der Waals surface area contributed by atoms with Gasteiger partial charge < -0.3 is 5.32 Å². The highest BCUT2D eigenvalue weighted by Crippen LogP contribution is 2.37. The van der Waals surface area contributed by atoms with E-state index >= 15 is 0 Å². The van der Waals surface area contributed by atoms with Gasteiger partial charge in [0, 0.05) is 12.0 Å². The number of benzene rings is 1. The van der Waals surface area contributed by atoms with Crippen LogP contribution in [0, 0.1) is 12.7 Å². The lowest BCUT2D eigenvalue weighted by atomic mass is 9.75.